The van der Waals surface area contributed by atoms with Crippen LogP contribution < -0.4 is 14.4 Å². The Morgan fingerprint density at radius 2 is 1.98 bits per heavy atom. The largest absolute Gasteiger partial charge is 0.472 e. The molecule has 40 heavy (non-hydrogen) atoms. The molecule has 0 atom stereocenters. The molecule has 0 radical (unpaired) electrons. The van der Waals surface area contributed by atoms with Crippen molar-refractivity contribution in [3.63, 3.8) is 0 Å². The third-order valence-electron chi connectivity index (χ3n) is 6.15. The van der Waals surface area contributed by atoms with E-state index >= 15 is 0 Å². The molecule has 0 amide bonds. The number of rotatable bonds is 9. The number of morpholine rings is 1. The molecule has 3 aromatic heterocycles. The Balaban J connectivity index is 1.53. The fourth-order valence-electron chi connectivity index (χ4n) is 4.22. The summed E-state index contributed by atoms with van der Waals surface area (Å²) in [5.74, 6) is 0.102. The van der Waals surface area contributed by atoms with Gasteiger partial charge in [0.15, 0.2) is 0 Å². The van der Waals surface area contributed by atoms with Gasteiger partial charge in [-0.3, -0.25) is 0 Å². The van der Waals surface area contributed by atoms with E-state index in [1.807, 2.05) is 37.3 Å². The molecule has 10 nitrogen and oxygen atoms in total. The van der Waals surface area contributed by atoms with E-state index in [-0.39, 0.29) is 29.9 Å². The van der Waals surface area contributed by atoms with Crippen LogP contribution in [0.3, 0.4) is 0 Å². The van der Waals surface area contributed by atoms with E-state index in [0.717, 1.165) is 27.2 Å². The fraction of sp³-hybridized carbons (Fsp3) is 0.286. The van der Waals surface area contributed by atoms with Crippen molar-refractivity contribution >= 4 is 45.6 Å². The molecule has 0 bridgehead atoms. The molecule has 1 aliphatic rings. The molecule has 0 spiro atoms. The quantitative estimate of drug-likeness (QED) is 0.166. The molecule has 0 aliphatic carbocycles. The van der Waals surface area contributed by atoms with Gasteiger partial charge in [0, 0.05) is 29.9 Å². The van der Waals surface area contributed by atoms with Gasteiger partial charge in [-0.05, 0) is 53.8 Å². The van der Waals surface area contributed by atoms with E-state index in [4.69, 9.17) is 28.3 Å². The highest BCUT2D eigenvalue weighted by molar-refractivity contribution is 14.1. The van der Waals surface area contributed by atoms with E-state index in [1.165, 1.54) is 24.6 Å². The highest BCUT2D eigenvalue weighted by atomic mass is 127. The van der Waals surface area contributed by atoms with Crippen molar-refractivity contribution in [3.8, 4) is 40.6 Å². The van der Waals surface area contributed by atoms with Gasteiger partial charge in [0.25, 0.3) is 0 Å². The summed E-state index contributed by atoms with van der Waals surface area (Å²) in [6.07, 6.45) is 1.47. The number of halogens is 1. The molecule has 0 saturated carbocycles. The fourth-order valence-corrected chi connectivity index (χ4v) is 6.07. The number of carbonyl (C=O) groups excluding carboxylic acids is 1. The number of methoxy groups -OCH3 is 1. The number of pyridine rings is 1. The van der Waals surface area contributed by atoms with Crippen LogP contribution >= 0.6 is 33.9 Å². The smallest absolute Gasteiger partial charge is 0.348 e. The van der Waals surface area contributed by atoms with Gasteiger partial charge >= 0.3 is 11.9 Å². The first-order chi connectivity index (χ1) is 19.5. The van der Waals surface area contributed by atoms with Gasteiger partial charge in [-0.1, -0.05) is 12.1 Å². The molecule has 0 unspecified atom stereocenters. The molecule has 5 rings (SSSR count). The highest BCUT2D eigenvalue weighted by Crippen LogP contribution is 2.36. The SMILES string of the molecule is CCOc1cnc(-c2cc(-c3ccc(N4CCOCC4)cc3)nc(OCc3cc(I)sc3C(=O)OC)c2C#N)o1. The predicted molar refractivity (Wildman–Crippen MR) is 157 cm³/mol. The number of benzene rings is 1. The summed E-state index contributed by atoms with van der Waals surface area (Å²) in [7, 11) is 1.34. The zero-order valence-corrected chi connectivity index (χ0v) is 24.8. The zero-order valence-electron chi connectivity index (χ0n) is 21.8. The number of hydrogen-bond acceptors (Lipinski definition) is 11. The van der Waals surface area contributed by atoms with Crippen molar-refractivity contribution in [1.82, 2.24) is 9.97 Å². The number of hydrogen-bond donors (Lipinski definition) is 0. The van der Waals surface area contributed by atoms with Crippen LogP contribution in [-0.4, -0.2) is 56.0 Å². The number of ether oxygens (including phenoxy) is 4. The maximum absolute atomic E-state index is 12.3. The van der Waals surface area contributed by atoms with Gasteiger partial charge in [-0.25, -0.2) is 14.8 Å². The van der Waals surface area contributed by atoms with Crippen molar-refractivity contribution in [1.29, 1.82) is 5.26 Å². The van der Waals surface area contributed by atoms with Crippen LogP contribution in [0.4, 0.5) is 5.69 Å². The third-order valence-corrected chi connectivity index (χ3v) is 8.07. The summed E-state index contributed by atoms with van der Waals surface area (Å²) < 4.78 is 28.6. The maximum Gasteiger partial charge on any atom is 0.348 e. The summed E-state index contributed by atoms with van der Waals surface area (Å²) in [5.41, 5.74) is 3.70. The first-order valence-corrected chi connectivity index (χ1v) is 14.4. The first-order valence-electron chi connectivity index (χ1n) is 12.5. The summed E-state index contributed by atoms with van der Waals surface area (Å²) in [4.78, 5) is 24.0. The minimum absolute atomic E-state index is 0.0141. The average molecular weight is 673 g/mol. The Morgan fingerprint density at radius 1 is 1.20 bits per heavy atom. The third kappa shape index (κ3) is 6.06. The topological polar surface area (TPSA) is 120 Å². The predicted octanol–water partition coefficient (Wildman–Crippen LogP) is 5.54. The minimum atomic E-state index is -0.446. The summed E-state index contributed by atoms with van der Waals surface area (Å²) in [5, 5.41) is 10.1. The number of oxazole rings is 1. The van der Waals surface area contributed by atoms with Crippen LogP contribution in [0.25, 0.3) is 22.7 Å². The van der Waals surface area contributed by atoms with Gasteiger partial charge in [-0.2, -0.15) is 5.26 Å². The van der Waals surface area contributed by atoms with Crippen LogP contribution in [0.5, 0.6) is 11.8 Å². The lowest BCUT2D eigenvalue weighted by molar-refractivity contribution is 0.0603. The molecular weight excluding hydrogens is 647 g/mol. The maximum atomic E-state index is 12.3. The summed E-state index contributed by atoms with van der Waals surface area (Å²) >= 11 is 3.45. The first kappa shape index (κ1) is 27.9. The Bertz CT molecular complexity index is 1540. The molecule has 1 saturated heterocycles. The van der Waals surface area contributed by atoms with Crippen molar-refractivity contribution in [2.24, 2.45) is 0 Å². The van der Waals surface area contributed by atoms with Crippen molar-refractivity contribution < 1.29 is 28.2 Å². The number of nitriles is 1. The van der Waals surface area contributed by atoms with Gasteiger partial charge in [0.05, 0.1) is 41.1 Å². The van der Waals surface area contributed by atoms with Crippen LogP contribution in [0.2, 0.25) is 0 Å². The second kappa shape index (κ2) is 12.7. The van der Waals surface area contributed by atoms with E-state index in [1.54, 1.807) is 6.07 Å². The number of esters is 1. The number of thiophene rings is 1. The van der Waals surface area contributed by atoms with Crippen LogP contribution in [0.1, 0.15) is 27.7 Å². The lowest BCUT2D eigenvalue weighted by atomic mass is 10.0. The van der Waals surface area contributed by atoms with Gasteiger partial charge in [0.2, 0.25) is 11.8 Å². The molecule has 1 fully saturated rings. The number of nitrogens with zero attached hydrogens (tertiary/aromatic N) is 4. The molecule has 12 heteroatoms. The standard InChI is InChI=1S/C28H25IN4O6S/c1-3-37-24-15-31-26(39-24)20-13-22(17-4-6-19(7-5-17)33-8-10-36-11-9-33)32-27(21(20)14-30)38-16-18-12-23(29)40-25(18)28(34)35-2/h4-7,12-13,15H,3,8-11,16H2,1-2H3. The van der Waals surface area contributed by atoms with E-state index < -0.39 is 5.97 Å². The van der Waals surface area contributed by atoms with Crippen LogP contribution in [-0.2, 0) is 16.1 Å². The lowest BCUT2D eigenvalue weighted by Gasteiger charge is -2.28. The van der Waals surface area contributed by atoms with Gasteiger partial charge in [-0.15, -0.1) is 11.3 Å². The minimum Gasteiger partial charge on any atom is -0.472 e. The number of anilines is 1. The Morgan fingerprint density at radius 3 is 2.67 bits per heavy atom. The number of carbonyl (C=O) groups is 1. The van der Waals surface area contributed by atoms with Crippen molar-refractivity contribution in [3.05, 3.63) is 61.5 Å². The second-order valence-electron chi connectivity index (χ2n) is 8.60. The Hall–Kier alpha value is -3.67. The molecular formula is C28H25IN4O6S. The monoisotopic (exact) mass is 672 g/mol. The van der Waals surface area contributed by atoms with Crippen LogP contribution in [0, 0.1) is 14.2 Å². The van der Waals surface area contributed by atoms with Gasteiger partial charge < -0.3 is 28.3 Å². The molecule has 1 aliphatic heterocycles. The van der Waals surface area contributed by atoms with Gasteiger partial charge in [0.1, 0.15) is 29.3 Å². The van der Waals surface area contributed by atoms with Crippen LogP contribution in [0.15, 0.2) is 47.0 Å². The molecule has 1 aromatic carbocycles. The zero-order chi connectivity index (χ0) is 28.1. The number of aromatic nitrogens is 2. The van der Waals surface area contributed by atoms with Crippen molar-refractivity contribution in [2.75, 3.05) is 44.9 Å². The van der Waals surface area contributed by atoms with E-state index in [0.29, 0.717) is 41.5 Å². The summed E-state index contributed by atoms with van der Waals surface area (Å²) in [6, 6.07) is 13.8. The Labute approximate surface area is 248 Å². The van der Waals surface area contributed by atoms with E-state index in [2.05, 4.69) is 38.5 Å². The summed E-state index contributed by atoms with van der Waals surface area (Å²) in [6.45, 7) is 5.32. The highest BCUT2D eigenvalue weighted by Gasteiger charge is 2.23. The second-order valence-corrected chi connectivity index (χ2v) is 11.5. The molecule has 4 aromatic rings. The normalized spacial score (nSPS) is 13.1. The van der Waals surface area contributed by atoms with Crippen molar-refractivity contribution in [2.45, 2.75) is 13.5 Å². The molecule has 0 N–H and O–H groups in total. The Kier molecular flexibility index (Phi) is 8.83. The average Bonchev–Trinajstić information content (AvgIpc) is 3.62. The lowest BCUT2D eigenvalue weighted by Crippen LogP contribution is -2.36. The molecule has 4 heterocycles. The molecule has 206 valence electrons. The van der Waals surface area contributed by atoms with E-state index in [9.17, 15) is 10.1 Å².